The number of fused-ring (bicyclic) bond motifs is 1. The minimum absolute atomic E-state index is 0.137. The Morgan fingerprint density at radius 2 is 2.20 bits per heavy atom. The summed E-state index contributed by atoms with van der Waals surface area (Å²) in [5, 5.41) is 0.570. The van der Waals surface area contributed by atoms with E-state index >= 15 is 0 Å². The highest BCUT2D eigenvalue weighted by Crippen LogP contribution is 2.38. The van der Waals surface area contributed by atoms with E-state index in [0.717, 1.165) is 31.2 Å². The zero-order valence-electron chi connectivity index (χ0n) is 8.19. The summed E-state index contributed by atoms with van der Waals surface area (Å²) in [7, 11) is 0. The van der Waals surface area contributed by atoms with Crippen molar-refractivity contribution in [3.8, 4) is 0 Å². The van der Waals surface area contributed by atoms with E-state index in [9.17, 15) is 4.39 Å². The lowest BCUT2D eigenvalue weighted by Gasteiger charge is -2.16. The number of rotatable bonds is 0. The molecule has 1 atom stereocenters. The van der Waals surface area contributed by atoms with Gasteiger partial charge < -0.3 is 5.73 Å². The smallest absolute Gasteiger partial charge is 0.127 e. The lowest BCUT2D eigenvalue weighted by atomic mass is 9.99. The Balaban J connectivity index is 2.63. The van der Waals surface area contributed by atoms with Crippen molar-refractivity contribution >= 4 is 27.5 Å². The van der Waals surface area contributed by atoms with Gasteiger partial charge in [0.2, 0.25) is 0 Å². The molecule has 0 saturated heterocycles. The lowest BCUT2D eigenvalue weighted by molar-refractivity contribution is 0.603. The quantitative estimate of drug-likeness (QED) is 0.568. The Bertz CT molecular complexity index is 395. The Hall–Kier alpha value is -0.120. The van der Waals surface area contributed by atoms with E-state index in [1.165, 1.54) is 6.07 Å². The van der Waals surface area contributed by atoms with Crippen molar-refractivity contribution in [2.45, 2.75) is 31.7 Å². The van der Waals surface area contributed by atoms with Crippen LogP contribution in [0.15, 0.2) is 10.5 Å². The molecule has 2 N–H and O–H groups in total. The molecule has 4 heteroatoms. The van der Waals surface area contributed by atoms with Gasteiger partial charge in [-0.2, -0.15) is 0 Å². The molecule has 0 saturated carbocycles. The van der Waals surface area contributed by atoms with Crippen LogP contribution in [0.25, 0.3) is 0 Å². The van der Waals surface area contributed by atoms with Crippen molar-refractivity contribution in [3.05, 3.63) is 32.5 Å². The van der Waals surface area contributed by atoms with Gasteiger partial charge in [-0.1, -0.05) is 18.0 Å². The van der Waals surface area contributed by atoms with E-state index in [0.29, 0.717) is 15.1 Å². The zero-order chi connectivity index (χ0) is 11.0. The van der Waals surface area contributed by atoms with Gasteiger partial charge in [-0.25, -0.2) is 4.39 Å². The maximum Gasteiger partial charge on any atom is 0.127 e. The second-order valence-electron chi connectivity index (χ2n) is 3.90. The maximum absolute atomic E-state index is 13.7. The molecule has 2 rings (SSSR count). The number of hydrogen-bond acceptors (Lipinski definition) is 1. The predicted octanol–water partition coefficient (Wildman–Crippen LogP) is 3.97. The summed E-state index contributed by atoms with van der Waals surface area (Å²) >= 11 is 9.41. The summed E-state index contributed by atoms with van der Waals surface area (Å²) in [5.74, 6) is -0.196. The lowest BCUT2D eigenvalue weighted by Crippen LogP contribution is -2.12. The van der Waals surface area contributed by atoms with E-state index in [4.69, 9.17) is 17.3 Å². The van der Waals surface area contributed by atoms with Crippen LogP contribution in [0.2, 0.25) is 5.02 Å². The van der Waals surface area contributed by atoms with E-state index in [-0.39, 0.29) is 11.9 Å². The van der Waals surface area contributed by atoms with Crippen LogP contribution in [-0.2, 0) is 6.42 Å². The largest absolute Gasteiger partial charge is 0.324 e. The highest BCUT2D eigenvalue weighted by molar-refractivity contribution is 9.10. The zero-order valence-corrected chi connectivity index (χ0v) is 10.5. The van der Waals surface area contributed by atoms with Crippen LogP contribution in [0.1, 0.15) is 36.4 Å². The molecule has 1 nitrogen and oxygen atoms in total. The Morgan fingerprint density at radius 3 is 2.93 bits per heavy atom. The predicted molar refractivity (Wildman–Crippen MR) is 63.6 cm³/mol. The van der Waals surface area contributed by atoms with Crippen molar-refractivity contribution in [2.75, 3.05) is 0 Å². The molecule has 0 heterocycles. The highest BCUT2D eigenvalue weighted by atomic mass is 79.9. The Labute approximate surface area is 102 Å². The summed E-state index contributed by atoms with van der Waals surface area (Å²) in [6.07, 6.45) is 3.63. The van der Waals surface area contributed by atoms with Crippen molar-refractivity contribution in [3.63, 3.8) is 0 Å². The van der Waals surface area contributed by atoms with Crippen LogP contribution < -0.4 is 5.73 Å². The van der Waals surface area contributed by atoms with Crippen molar-refractivity contribution in [1.29, 1.82) is 0 Å². The van der Waals surface area contributed by atoms with Gasteiger partial charge in [-0.15, -0.1) is 0 Å². The number of hydrogen-bond donors (Lipinski definition) is 1. The van der Waals surface area contributed by atoms with Crippen LogP contribution in [0, 0.1) is 5.82 Å². The Morgan fingerprint density at radius 1 is 1.47 bits per heavy atom. The molecule has 0 radical (unpaired) electrons. The fourth-order valence-electron chi connectivity index (χ4n) is 2.10. The van der Waals surface area contributed by atoms with Crippen molar-refractivity contribution in [2.24, 2.45) is 5.73 Å². The standard InChI is InChI=1S/C11H12BrClFN/c12-7-5-8(14)6-3-1-2-4-9(15)10(6)11(7)13/h5,9H,1-4,15H2/t9-/m1/s1. The number of benzene rings is 1. The second kappa shape index (κ2) is 4.40. The normalized spacial score (nSPS) is 20.9. The molecule has 0 spiro atoms. The van der Waals surface area contributed by atoms with Gasteiger partial charge in [0.15, 0.2) is 0 Å². The van der Waals surface area contributed by atoms with Gasteiger partial charge >= 0.3 is 0 Å². The van der Waals surface area contributed by atoms with Crippen LogP contribution in [0.4, 0.5) is 4.39 Å². The molecule has 0 aliphatic heterocycles. The van der Waals surface area contributed by atoms with Crippen LogP contribution >= 0.6 is 27.5 Å². The van der Waals surface area contributed by atoms with Gasteiger partial charge in [0.25, 0.3) is 0 Å². The monoisotopic (exact) mass is 291 g/mol. The molecule has 82 valence electrons. The summed E-state index contributed by atoms with van der Waals surface area (Å²) < 4.78 is 14.3. The van der Waals surface area contributed by atoms with Crippen LogP contribution in [-0.4, -0.2) is 0 Å². The van der Waals surface area contributed by atoms with Gasteiger partial charge in [0, 0.05) is 10.5 Å². The molecule has 1 aromatic rings. The maximum atomic E-state index is 13.7. The molecule has 0 aromatic heterocycles. The third-order valence-corrected chi connectivity index (χ3v) is 4.14. The molecule has 1 aromatic carbocycles. The van der Waals surface area contributed by atoms with Gasteiger partial charge in [0.05, 0.1) is 5.02 Å². The van der Waals surface area contributed by atoms with Crippen molar-refractivity contribution < 1.29 is 4.39 Å². The summed E-state index contributed by atoms with van der Waals surface area (Å²) in [6.45, 7) is 0. The number of nitrogens with two attached hydrogens (primary N) is 1. The molecule has 0 fully saturated rings. The molecular formula is C11H12BrClFN. The van der Waals surface area contributed by atoms with Gasteiger partial charge in [-0.3, -0.25) is 0 Å². The third-order valence-electron chi connectivity index (χ3n) is 2.88. The van der Waals surface area contributed by atoms with Crippen molar-refractivity contribution in [1.82, 2.24) is 0 Å². The molecular weight excluding hydrogens is 280 g/mol. The van der Waals surface area contributed by atoms with E-state index < -0.39 is 0 Å². The molecule has 1 aliphatic rings. The average Bonchev–Trinajstić information content (AvgIpc) is 2.37. The fourth-order valence-corrected chi connectivity index (χ4v) is 2.83. The molecule has 0 unspecified atom stereocenters. The molecule has 1 aliphatic carbocycles. The van der Waals surface area contributed by atoms with Crippen LogP contribution in [0.5, 0.6) is 0 Å². The molecule has 0 amide bonds. The summed E-state index contributed by atoms with van der Waals surface area (Å²) in [4.78, 5) is 0. The summed E-state index contributed by atoms with van der Waals surface area (Å²) in [6, 6.07) is 1.29. The molecule has 15 heavy (non-hydrogen) atoms. The fraction of sp³-hybridized carbons (Fsp3) is 0.455. The first-order valence-electron chi connectivity index (χ1n) is 5.03. The van der Waals surface area contributed by atoms with E-state index in [1.807, 2.05) is 0 Å². The van der Waals surface area contributed by atoms with Gasteiger partial charge in [0.1, 0.15) is 5.82 Å². The van der Waals surface area contributed by atoms with E-state index in [1.54, 1.807) is 0 Å². The van der Waals surface area contributed by atoms with E-state index in [2.05, 4.69) is 15.9 Å². The average molecular weight is 293 g/mol. The third kappa shape index (κ3) is 2.05. The summed E-state index contributed by atoms with van der Waals surface area (Å²) in [5.41, 5.74) is 7.51. The SMILES string of the molecule is N[C@@H]1CCCCc2c(F)cc(Br)c(Cl)c21. The minimum Gasteiger partial charge on any atom is -0.324 e. The topological polar surface area (TPSA) is 26.0 Å². The first kappa shape index (κ1) is 11.4. The Kier molecular flexibility index (Phi) is 3.33. The second-order valence-corrected chi connectivity index (χ2v) is 5.13. The van der Waals surface area contributed by atoms with Crippen LogP contribution in [0.3, 0.4) is 0 Å². The minimum atomic E-state index is -0.196. The first-order chi connectivity index (χ1) is 7.11. The molecule has 0 bridgehead atoms. The first-order valence-corrected chi connectivity index (χ1v) is 6.20. The van der Waals surface area contributed by atoms with Gasteiger partial charge in [-0.05, 0) is 52.4 Å². The highest BCUT2D eigenvalue weighted by Gasteiger charge is 2.22. The number of halogens is 3.